The Hall–Kier alpha value is -0.250. The van der Waals surface area contributed by atoms with Crippen molar-refractivity contribution in [1.29, 1.82) is 0 Å². The van der Waals surface area contributed by atoms with E-state index in [1.807, 2.05) is 18.2 Å². The van der Waals surface area contributed by atoms with Gasteiger partial charge in [-0.3, -0.25) is 0 Å². The molecule has 0 saturated heterocycles. The van der Waals surface area contributed by atoms with Gasteiger partial charge in [0.25, 0.3) is 0 Å². The molecule has 2 nitrogen and oxygen atoms in total. The van der Waals surface area contributed by atoms with E-state index in [-0.39, 0.29) is 10.8 Å². The fraction of sp³-hybridized carbons (Fsp3) is 0.600. The van der Waals surface area contributed by atoms with Gasteiger partial charge < -0.3 is 10.1 Å². The summed E-state index contributed by atoms with van der Waals surface area (Å²) in [4.78, 5) is 0. The lowest BCUT2D eigenvalue weighted by Crippen LogP contribution is -2.26. The SMILES string of the molecule is COc1ccc(Br)c(CNCC(Cl)CC(C)(C)C)c1. The second-order valence-electron chi connectivity index (χ2n) is 5.95. The first-order chi connectivity index (χ1) is 8.81. The van der Waals surface area contributed by atoms with Crippen molar-refractivity contribution in [2.45, 2.75) is 39.1 Å². The largest absolute Gasteiger partial charge is 0.497 e. The number of nitrogens with one attached hydrogen (secondary N) is 1. The summed E-state index contributed by atoms with van der Waals surface area (Å²) in [6, 6.07) is 5.98. The third kappa shape index (κ3) is 6.64. The van der Waals surface area contributed by atoms with Crippen LogP contribution in [0.25, 0.3) is 0 Å². The fourth-order valence-corrected chi connectivity index (χ4v) is 2.87. The van der Waals surface area contributed by atoms with E-state index in [2.05, 4.69) is 42.0 Å². The highest BCUT2D eigenvalue weighted by Gasteiger charge is 2.16. The molecule has 1 aromatic rings. The quantitative estimate of drug-likeness (QED) is 0.759. The fourth-order valence-electron chi connectivity index (χ4n) is 1.91. The number of rotatable bonds is 6. The van der Waals surface area contributed by atoms with Crippen LogP contribution in [0.5, 0.6) is 5.75 Å². The molecule has 0 aliphatic carbocycles. The zero-order valence-electron chi connectivity index (χ0n) is 12.1. The highest BCUT2D eigenvalue weighted by atomic mass is 79.9. The van der Waals surface area contributed by atoms with Crippen molar-refractivity contribution < 1.29 is 4.74 Å². The van der Waals surface area contributed by atoms with Crippen molar-refractivity contribution in [2.24, 2.45) is 5.41 Å². The molecule has 0 aromatic heterocycles. The van der Waals surface area contributed by atoms with Crippen LogP contribution in [-0.2, 0) is 6.54 Å². The first-order valence-corrected chi connectivity index (χ1v) is 7.72. The van der Waals surface area contributed by atoms with E-state index in [1.165, 1.54) is 5.56 Å². The first-order valence-electron chi connectivity index (χ1n) is 6.49. The Bertz CT molecular complexity index is 404. The van der Waals surface area contributed by atoms with Gasteiger partial charge in [-0.25, -0.2) is 0 Å². The van der Waals surface area contributed by atoms with Crippen LogP contribution in [0.15, 0.2) is 22.7 Å². The molecule has 1 unspecified atom stereocenters. The minimum Gasteiger partial charge on any atom is -0.497 e. The van der Waals surface area contributed by atoms with Gasteiger partial charge in [0.1, 0.15) is 5.75 Å². The molecular weight excluding hydrogens is 326 g/mol. The monoisotopic (exact) mass is 347 g/mol. The lowest BCUT2D eigenvalue weighted by atomic mass is 9.90. The molecule has 0 heterocycles. The standard InChI is InChI=1S/C15H23BrClNO/c1-15(2,3)8-12(17)10-18-9-11-7-13(19-4)5-6-14(11)16/h5-7,12,18H,8-10H2,1-4H3. The number of hydrogen-bond acceptors (Lipinski definition) is 2. The predicted octanol–water partition coefficient (Wildman–Crippen LogP) is 4.59. The summed E-state index contributed by atoms with van der Waals surface area (Å²) in [5, 5.41) is 3.56. The van der Waals surface area contributed by atoms with Crippen LogP contribution in [-0.4, -0.2) is 19.0 Å². The van der Waals surface area contributed by atoms with E-state index in [1.54, 1.807) is 7.11 Å². The molecule has 1 aromatic carbocycles. The van der Waals surface area contributed by atoms with Crippen LogP contribution in [0.3, 0.4) is 0 Å². The van der Waals surface area contributed by atoms with Gasteiger partial charge in [-0.1, -0.05) is 36.7 Å². The second-order valence-corrected chi connectivity index (χ2v) is 7.42. The molecule has 19 heavy (non-hydrogen) atoms. The molecule has 0 amide bonds. The van der Waals surface area contributed by atoms with Crippen molar-refractivity contribution in [3.63, 3.8) is 0 Å². The third-order valence-electron chi connectivity index (χ3n) is 2.77. The molecule has 0 aliphatic rings. The molecule has 1 atom stereocenters. The zero-order chi connectivity index (χ0) is 14.5. The number of ether oxygens (including phenoxy) is 1. The maximum atomic E-state index is 6.33. The smallest absolute Gasteiger partial charge is 0.119 e. The Morgan fingerprint density at radius 3 is 2.63 bits per heavy atom. The Balaban J connectivity index is 2.45. The number of alkyl halides is 1. The molecule has 0 saturated carbocycles. The minimum atomic E-state index is 0.157. The van der Waals surface area contributed by atoms with Gasteiger partial charge >= 0.3 is 0 Å². The zero-order valence-corrected chi connectivity index (χ0v) is 14.4. The van der Waals surface area contributed by atoms with Crippen molar-refractivity contribution in [2.75, 3.05) is 13.7 Å². The lowest BCUT2D eigenvalue weighted by molar-refractivity contribution is 0.364. The van der Waals surface area contributed by atoms with Crippen molar-refractivity contribution in [3.05, 3.63) is 28.2 Å². The Labute approximate surface area is 130 Å². The average molecular weight is 349 g/mol. The molecule has 108 valence electrons. The van der Waals surface area contributed by atoms with E-state index >= 15 is 0 Å². The van der Waals surface area contributed by atoms with Crippen molar-refractivity contribution >= 4 is 27.5 Å². The Morgan fingerprint density at radius 1 is 1.37 bits per heavy atom. The predicted molar refractivity (Wildman–Crippen MR) is 86.1 cm³/mol. The van der Waals surface area contributed by atoms with Crippen molar-refractivity contribution in [3.8, 4) is 5.75 Å². The molecule has 0 fully saturated rings. The van der Waals surface area contributed by atoms with Crippen LogP contribution in [0.4, 0.5) is 0 Å². The van der Waals surface area contributed by atoms with Crippen LogP contribution >= 0.6 is 27.5 Å². The lowest BCUT2D eigenvalue weighted by Gasteiger charge is -2.22. The van der Waals surface area contributed by atoms with Crippen LogP contribution < -0.4 is 10.1 Å². The molecule has 1 N–H and O–H groups in total. The number of halogens is 2. The molecule has 0 aliphatic heterocycles. The maximum absolute atomic E-state index is 6.33. The number of benzene rings is 1. The van der Waals surface area contributed by atoms with Gasteiger partial charge in [-0.15, -0.1) is 11.6 Å². The van der Waals surface area contributed by atoms with Gasteiger partial charge in [0.15, 0.2) is 0 Å². The molecule has 0 bridgehead atoms. The molecule has 4 heteroatoms. The third-order valence-corrected chi connectivity index (χ3v) is 3.85. The van der Waals surface area contributed by atoms with Crippen LogP contribution in [0, 0.1) is 5.41 Å². The number of hydrogen-bond donors (Lipinski definition) is 1. The highest BCUT2D eigenvalue weighted by Crippen LogP contribution is 2.24. The molecule has 1 rings (SSSR count). The summed E-state index contributed by atoms with van der Waals surface area (Å²) in [7, 11) is 1.68. The Morgan fingerprint density at radius 2 is 2.05 bits per heavy atom. The maximum Gasteiger partial charge on any atom is 0.119 e. The molecule has 0 spiro atoms. The molecular formula is C15H23BrClNO. The summed E-state index contributed by atoms with van der Waals surface area (Å²) in [6.07, 6.45) is 1.00. The topological polar surface area (TPSA) is 21.3 Å². The summed E-state index contributed by atoms with van der Waals surface area (Å²) in [6.45, 7) is 8.22. The first kappa shape index (κ1) is 16.8. The van der Waals surface area contributed by atoms with E-state index in [0.29, 0.717) is 0 Å². The normalized spacial score (nSPS) is 13.4. The van der Waals surface area contributed by atoms with Gasteiger partial charge in [0.2, 0.25) is 0 Å². The van der Waals surface area contributed by atoms with Crippen LogP contribution in [0.1, 0.15) is 32.8 Å². The molecule has 0 radical (unpaired) electrons. The van der Waals surface area contributed by atoms with Gasteiger partial charge in [0.05, 0.1) is 7.11 Å². The number of methoxy groups -OCH3 is 1. The second kappa shape index (κ2) is 7.51. The van der Waals surface area contributed by atoms with Crippen LogP contribution in [0.2, 0.25) is 0 Å². The summed E-state index contributed by atoms with van der Waals surface area (Å²) in [5.41, 5.74) is 1.45. The highest BCUT2D eigenvalue weighted by molar-refractivity contribution is 9.10. The minimum absolute atomic E-state index is 0.157. The van der Waals surface area contributed by atoms with Crippen molar-refractivity contribution in [1.82, 2.24) is 5.32 Å². The Kier molecular flexibility index (Phi) is 6.64. The van der Waals surface area contributed by atoms with E-state index < -0.39 is 0 Å². The van der Waals surface area contributed by atoms with E-state index in [0.717, 1.165) is 29.7 Å². The van der Waals surface area contributed by atoms with E-state index in [9.17, 15) is 0 Å². The van der Waals surface area contributed by atoms with E-state index in [4.69, 9.17) is 16.3 Å². The van der Waals surface area contributed by atoms with Gasteiger partial charge in [-0.2, -0.15) is 0 Å². The summed E-state index contributed by atoms with van der Waals surface area (Å²) >= 11 is 9.88. The summed E-state index contributed by atoms with van der Waals surface area (Å²) in [5.74, 6) is 0.872. The summed E-state index contributed by atoms with van der Waals surface area (Å²) < 4.78 is 6.31. The van der Waals surface area contributed by atoms with Gasteiger partial charge in [-0.05, 0) is 35.6 Å². The average Bonchev–Trinajstić information content (AvgIpc) is 2.29. The van der Waals surface area contributed by atoms with Gasteiger partial charge in [0, 0.05) is 22.9 Å².